The molecule has 1 saturated carbocycles. The van der Waals surface area contributed by atoms with Gasteiger partial charge in [-0.2, -0.15) is 13.2 Å². The molecule has 1 aliphatic carbocycles. The molecular formula is C32H47F3N4O. The lowest BCUT2D eigenvalue weighted by Gasteiger charge is -2.40. The van der Waals surface area contributed by atoms with Crippen LogP contribution in [0.1, 0.15) is 89.5 Å². The van der Waals surface area contributed by atoms with Crippen LogP contribution >= 0.6 is 0 Å². The van der Waals surface area contributed by atoms with E-state index in [4.69, 9.17) is 0 Å². The average Bonchev–Trinajstić information content (AvgIpc) is 3.56. The molecule has 5 fully saturated rings. The number of carbonyl (C=O) groups excluding carboxylic acids is 1. The van der Waals surface area contributed by atoms with Gasteiger partial charge in [-0.15, -0.1) is 0 Å². The SMILES string of the molecule is C[C@H]1CCCCN1C1CCN(c2ccc(N3CCC4(CCN(CC5CCCCC5)CC4)C3=O)c(C(F)(F)F)c2)C1. The minimum Gasteiger partial charge on any atom is -0.370 e. The Morgan fingerprint density at radius 1 is 0.875 bits per heavy atom. The van der Waals surface area contributed by atoms with Crippen molar-refractivity contribution in [3.63, 3.8) is 0 Å². The van der Waals surface area contributed by atoms with Crippen molar-refractivity contribution in [2.45, 2.75) is 102 Å². The van der Waals surface area contributed by atoms with Gasteiger partial charge in [-0.05, 0) is 102 Å². The fraction of sp³-hybridized carbons (Fsp3) is 0.781. The van der Waals surface area contributed by atoms with E-state index in [2.05, 4.69) is 21.6 Å². The zero-order chi connectivity index (χ0) is 27.9. The highest BCUT2D eigenvalue weighted by atomic mass is 19.4. The van der Waals surface area contributed by atoms with E-state index in [1.54, 1.807) is 6.07 Å². The summed E-state index contributed by atoms with van der Waals surface area (Å²) in [7, 11) is 0. The van der Waals surface area contributed by atoms with Crippen molar-refractivity contribution in [3.05, 3.63) is 23.8 Å². The Hall–Kier alpha value is -1.80. The maximum Gasteiger partial charge on any atom is 0.418 e. The smallest absolute Gasteiger partial charge is 0.370 e. The zero-order valence-corrected chi connectivity index (χ0v) is 24.2. The number of likely N-dealkylation sites (tertiary alicyclic amines) is 2. The second-order valence-corrected chi connectivity index (χ2v) is 13.5. The molecule has 2 atom stereocenters. The van der Waals surface area contributed by atoms with E-state index in [0.717, 1.165) is 64.4 Å². The van der Waals surface area contributed by atoms with Gasteiger partial charge < -0.3 is 14.7 Å². The summed E-state index contributed by atoms with van der Waals surface area (Å²) in [4.78, 5) is 22.4. The molecule has 1 aromatic carbocycles. The maximum atomic E-state index is 14.5. The molecule has 222 valence electrons. The molecule has 1 amide bonds. The third-order valence-corrected chi connectivity index (χ3v) is 11.0. The van der Waals surface area contributed by atoms with Gasteiger partial charge in [0.25, 0.3) is 0 Å². The van der Waals surface area contributed by atoms with Crippen molar-refractivity contribution >= 4 is 17.3 Å². The monoisotopic (exact) mass is 560 g/mol. The molecule has 4 saturated heterocycles. The summed E-state index contributed by atoms with van der Waals surface area (Å²) in [6.07, 6.45) is 8.94. The second-order valence-electron chi connectivity index (χ2n) is 13.5. The van der Waals surface area contributed by atoms with Gasteiger partial charge in [0.05, 0.1) is 16.7 Å². The highest BCUT2D eigenvalue weighted by molar-refractivity contribution is 6.00. The van der Waals surface area contributed by atoms with E-state index >= 15 is 0 Å². The summed E-state index contributed by atoms with van der Waals surface area (Å²) in [5.74, 6) is 0.670. The largest absolute Gasteiger partial charge is 0.418 e. The van der Waals surface area contributed by atoms with Crippen LogP contribution in [0.5, 0.6) is 0 Å². The van der Waals surface area contributed by atoms with E-state index in [1.807, 2.05) is 6.07 Å². The fourth-order valence-corrected chi connectivity index (χ4v) is 8.51. The summed E-state index contributed by atoms with van der Waals surface area (Å²) in [5.41, 5.74) is -0.499. The molecule has 0 aromatic heterocycles. The van der Waals surface area contributed by atoms with Crippen LogP contribution in [0.15, 0.2) is 18.2 Å². The molecule has 8 heteroatoms. The van der Waals surface area contributed by atoms with E-state index < -0.39 is 17.2 Å². The lowest BCUT2D eigenvalue weighted by molar-refractivity contribution is -0.137. The molecule has 6 rings (SSSR count). The van der Waals surface area contributed by atoms with Gasteiger partial charge in [-0.3, -0.25) is 9.69 Å². The quantitative estimate of drug-likeness (QED) is 0.408. The standard InChI is InChI=1S/C32H47F3N4O/c1-24-7-5-6-16-38(24)27-12-17-37(23-27)26-10-11-29(28(21-26)32(33,34)35)39-20-15-31(30(39)40)13-18-36(19-14-31)22-25-8-3-2-4-9-25/h10-11,21,24-25,27H,2-9,12-20,22-23H2,1H3/t24-,27?/m0/s1. The van der Waals surface area contributed by atoms with E-state index in [-0.39, 0.29) is 11.6 Å². The summed E-state index contributed by atoms with van der Waals surface area (Å²) in [5, 5.41) is 0. The Kier molecular flexibility index (Phi) is 8.12. The van der Waals surface area contributed by atoms with Crippen LogP contribution in [-0.4, -0.2) is 73.6 Å². The molecule has 1 aromatic rings. The van der Waals surface area contributed by atoms with E-state index in [0.29, 0.717) is 30.7 Å². The maximum absolute atomic E-state index is 14.5. The summed E-state index contributed by atoms with van der Waals surface area (Å²) < 4.78 is 43.4. The Morgan fingerprint density at radius 3 is 2.33 bits per heavy atom. The van der Waals surface area contributed by atoms with Gasteiger partial charge in [0.1, 0.15) is 0 Å². The number of rotatable bonds is 5. The zero-order valence-electron chi connectivity index (χ0n) is 24.2. The first-order valence-corrected chi connectivity index (χ1v) is 16.0. The molecule has 0 radical (unpaired) electrons. The Balaban J connectivity index is 1.14. The summed E-state index contributed by atoms with van der Waals surface area (Å²) in [6, 6.07) is 5.64. The molecular weight excluding hydrogens is 513 g/mol. The first kappa shape index (κ1) is 28.3. The van der Waals surface area contributed by atoms with E-state index in [1.165, 1.54) is 62.3 Å². The van der Waals surface area contributed by atoms with Crippen molar-refractivity contribution in [3.8, 4) is 0 Å². The number of anilines is 2. The van der Waals surface area contributed by atoms with Crippen molar-refractivity contribution in [1.82, 2.24) is 9.80 Å². The topological polar surface area (TPSA) is 30.0 Å². The van der Waals surface area contributed by atoms with Crippen LogP contribution in [0.2, 0.25) is 0 Å². The molecule has 0 N–H and O–H groups in total. The molecule has 4 aliphatic heterocycles. The number of amides is 1. The first-order valence-electron chi connectivity index (χ1n) is 16.0. The van der Waals surface area contributed by atoms with Crippen LogP contribution in [0.4, 0.5) is 24.5 Å². The normalized spacial score (nSPS) is 29.1. The molecule has 40 heavy (non-hydrogen) atoms. The van der Waals surface area contributed by atoms with Gasteiger partial charge in [0.2, 0.25) is 5.91 Å². The minimum atomic E-state index is -4.51. The fourth-order valence-electron chi connectivity index (χ4n) is 8.51. The number of hydrogen-bond acceptors (Lipinski definition) is 4. The number of halogens is 3. The lowest BCUT2D eigenvalue weighted by Crippen LogP contribution is -2.46. The predicted octanol–water partition coefficient (Wildman–Crippen LogP) is 6.56. The van der Waals surface area contributed by atoms with Gasteiger partial charge in [-0.25, -0.2) is 0 Å². The van der Waals surface area contributed by atoms with Crippen LogP contribution in [-0.2, 0) is 11.0 Å². The Labute approximate surface area is 238 Å². The van der Waals surface area contributed by atoms with Gasteiger partial charge in [-0.1, -0.05) is 25.7 Å². The van der Waals surface area contributed by atoms with Gasteiger partial charge in [0.15, 0.2) is 0 Å². The second kappa shape index (κ2) is 11.5. The van der Waals surface area contributed by atoms with Crippen LogP contribution < -0.4 is 9.80 Å². The predicted molar refractivity (Wildman–Crippen MR) is 154 cm³/mol. The van der Waals surface area contributed by atoms with Crippen molar-refractivity contribution in [2.75, 3.05) is 55.6 Å². The Bertz CT molecular complexity index is 1050. The molecule has 5 aliphatic rings. The molecule has 4 heterocycles. The highest BCUT2D eigenvalue weighted by Gasteiger charge is 2.50. The number of nitrogens with zero attached hydrogens (tertiary/aromatic N) is 4. The van der Waals surface area contributed by atoms with E-state index in [9.17, 15) is 18.0 Å². The third kappa shape index (κ3) is 5.64. The van der Waals surface area contributed by atoms with Crippen molar-refractivity contribution in [1.29, 1.82) is 0 Å². The highest BCUT2D eigenvalue weighted by Crippen LogP contribution is 2.47. The van der Waals surface area contributed by atoms with Crippen molar-refractivity contribution < 1.29 is 18.0 Å². The van der Waals surface area contributed by atoms with Crippen LogP contribution in [0, 0.1) is 11.3 Å². The third-order valence-electron chi connectivity index (χ3n) is 11.0. The van der Waals surface area contributed by atoms with Crippen molar-refractivity contribution in [2.24, 2.45) is 11.3 Å². The first-order chi connectivity index (χ1) is 19.2. The molecule has 1 unspecified atom stereocenters. The molecule has 1 spiro atoms. The number of benzene rings is 1. The average molecular weight is 561 g/mol. The van der Waals surface area contributed by atoms with Gasteiger partial charge in [0, 0.05) is 44.0 Å². The lowest BCUT2D eigenvalue weighted by atomic mass is 9.76. The number of alkyl halides is 3. The Morgan fingerprint density at radius 2 is 1.60 bits per heavy atom. The summed E-state index contributed by atoms with van der Waals surface area (Å²) >= 11 is 0. The summed E-state index contributed by atoms with van der Waals surface area (Å²) in [6.45, 7) is 8.16. The van der Waals surface area contributed by atoms with Crippen LogP contribution in [0.3, 0.4) is 0 Å². The van der Waals surface area contributed by atoms with Gasteiger partial charge >= 0.3 is 6.18 Å². The molecule has 0 bridgehead atoms. The number of carbonyl (C=O) groups is 1. The van der Waals surface area contributed by atoms with Crippen LogP contribution in [0.25, 0.3) is 0 Å². The minimum absolute atomic E-state index is 0.0446. The number of hydrogen-bond donors (Lipinski definition) is 0. The molecule has 5 nitrogen and oxygen atoms in total. The number of piperidine rings is 2.